The molecule has 1 aromatic rings. The van der Waals surface area contributed by atoms with Gasteiger partial charge in [-0.05, 0) is 44.4 Å². The second kappa shape index (κ2) is 5.92. The topological polar surface area (TPSA) is 15.7 Å². The summed E-state index contributed by atoms with van der Waals surface area (Å²) in [6.07, 6.45) is 1.74. The second-order valence-electron chi connectivity index (χ2n) is 6.16. The molecule has 3 rings (SSSR count). The van der Waals surface area contributed by atoms with Gasteiger partial charge in [0.1, 0.15) is 0 Å². The van der Waals surface area contributed by atoms with Gasteiger partial charge >= 0.3 is 0 Å². The van der Waals surface area contributed by atoms with Crippen LogP contribution >= 0.6 is 11.3 Å². The molecule has 0 radical (unpaired) electrons. The highest BCUT2D eigenvalue weighted by molar-refractivity contribution is 7.09. The van der Waals surface area contributed by atoms with E-state index < -0.39 is 0 Å². The number of fused-ring (bicyclic) bond motifs is 1. The number of nitrogens with zero attached hydrogens (tertiary/aromatic N) is 2. The molecule has 2 fully saturated rings. The number of likely N-dealkylation sites (N-methyl/N-ethyl adjacent to an activating group) is 1. The van der Waals surface area contributed by atoms with Crippen molar-refractivity contribution in [3.8, 4) is 0 Å². The summed E-state index contributed by atoms with van der Waals surface area (Å²) in [4.78, 5) is 6.36. The van der Waals surface area contributed by atoms with E-state index >= 15 is 0 Å². The number of piperidine rings is 1. The highest BCUT2D eigenvalue weighted by Gasteiger charge is 2.40. The van der Waals surface area contributed by atoms with Crippen molar-refractivity contribution in [3.63, 3.8) is 0 Å². The van der Waals surface area contributed by atoms with Crippen molar-refractivity contribution in [2.45, 2.75) is 19.1 Å². The lowest BCUT2D eigenvalue weighted by molar-refractivity contribution is 0.0545. The van der Waals surface area contributed by atoms with Gasteiger partial charge in [0.25, 0.3) is 0 Å². The molecular weight excluding hydrogens is 256 g/mol. The van der Waals surface area contributed by atoms with E-state index in [0.717, 1.165) is 31.5 Å². The van der Waals surface area contributed by atoms with Crippen molar-refractivity contribution in [2.24, 2.45) is 11.8 Å². The maximum atomic E-state index is 6.03. The van der Waals surface area contributed by atoms with Crippen LogP contribution in [0.4, 0.5) is 0 Å². The Balaban J connectivity index is 1.59. The quantitative estimate of drug-likeness (QED) is 0.840. The van der Waals surface area contributed by atoms with Gasteiger partial charge < -0.3 is 9.64 Å². The minimum Gasteiger partial charge on any atom is -0.376 e. The number of hydrogen-bond acceptors (Lipinski definition) is 4. The van der Waals surface area contributed by atoms with Gasteiger partial charge in [0, 0.05) is 30.4 Å². The first-order valence-electron chi connectivity index (χ1n) is 7.23. The predicted molar refractivity (Wildman–Crippen MR) is 79.5 cm³/mol. The molecule has 0 spiro atoms. The first kappa shape index (κ1) is 13.6. The van der Waals surface area contributed by atoms with Gasteiger partial charge in [-0.25, -0.2) is 0 Å². The fourth-order valence-corrected chi connectivity index (χ4v) is 4.16. The Morgan fingerprint density at radius 1 is 1.47 bits per heavy atom. The molecular formula is C15H24N2OS. The maximum Gasteiger partial charge on any atom is 0.0745 e. The predicted octanol–water partition coefficient (Wildman–Crippen LogP) is 2.15. The fourth-order valence-electron chi connectivity index (χ4n) is 3.41. The maximum absolute atomic E-state index is 6.03. The molecule has 19 heavy (non-hydrogen) atoms. The molecule has 3 atom stereocenters. The minimum atomic E-state index is 0.436. The summed E-state index contributed by atoms with van der Waals surface area (Å²) in [5, 5.41) is 2.18. The van der Waals surface area contributed by atoms with Gasteiger partial charge in [0.15, 0.2) is 0 Å². The smallest absolute Gasteiger partial charge is 0.0745 e. The molecule has 2 aliphatic rings. The van der Waals surface area contributed by atoms with Crippen LogP contribution in [0, 0.1) is 11.8 Å². The molecule has 0 amide bonds. The summed E-state index contributed by atoms with van der Waals surface area (Å²) in [7, 11) is 4.28. The van der Waals surface area contributed by atoms with Crippen molar-refractivity contribution in [1.29, 1.82) is 0 Å². The normalized spacial score (nSPS) is 31.8. The van der Waals surface area contributed by atoms with Crippen LogP contribution in [0.2, 0.25) is 0 Å². The van der Waals surface area contributed by atoms with Gasteiger partial charge in [-0.2, -0.15) is 0 Å². The lowest BCUT2D eigenvalue weighted by atomic mass is 9.84. The number of likely N-dealkylation sites (tertiary alicyclic amines) is 1. The molecule has 3 nitrogen and oxygen atoms in total. The van der Waals surface area contributed by atoms with Crippen molar-refractivity contribution in [2.75, 3.05) is 40.3 Å². The Labute approximate surface area is 120 Å². The first-order chi connectivity index (χ1) is 9.22. The van der Waals surface area contributed by atoms with Crippen LogP contribution in [0.3, 0.4) is 0 Å². The number of thiophene rings is 1. The molecule has 4 heteroatoms. The van der Waals surface area contributed by atoms with Crippen molar-refractivity contribution in [3.05, 3.63) is 22.4 Å². The summed E-state index contributed by atoms with van der Waals surface area (Å²) in [5.74, 6) is 1.53. The molecule has 0 unspecified atom stereocenters. The highest BCUT2D eigenvalue weighted by Crippen LogP contribution is 2.35. The van der Waals surface area contributed by atoms with E-state index in [2.05, 4.69) is 41.4 Å². The van der Waals surface area contributed by atoms with Crippen LogP contribution in [-0.4, -0.2) is 56.2 Å². The van der Waals surface area contributed by atoms with Crippen molar-refractivity contribution < 1.29 is 4.74 Å². The molecule has 3 heterocycles. The molecule has 0 N–H and O–H groups in total. The molecule has 0 aromatic carbocycles. The van der Waals surface area contributed by atoms with E-state index in [1.54, 1.807) is 0 Å². The van der Waals surface area contributed by atoms with Crippen LogP contribution < -0.4 is 0 Å². The van der Waals surface area contributed by atoms with Gasteiger partial charge in [-0.3, -0.25) is 4.90 Å². The average molecular weight is 280 g/mol. The Kier molecular flexibility index (Phi) is 4.22. The standard InChI is InChI=1S/C15H24N2OS/c1-16(2)10-15-14-9-17(6-5-12(14)11-18-15)8-13-4-3-7-19-13/h3-4,7,12,14-15H,5-6,8-11H2,1-2H3/t12-,14-,15+/m1/s1. The molecule has 2 saturated heterocycles. The summed E-state index contributed by atoms with van der Waals surface area (Å²) < 4.78 is 6.03. The van der Waals surface area contributed by atoms with Crippen LogP contribution in [0.1, 0.15) is 11.3 Å². The summed E-state index contributed by atoms with van der Waals surface area (Å²) in [5.41, 5.74) is 0. The Morgan fingerprint density at radius 3 is 3.11 bits per heavy atom. The molecule has 106 valence electrons. The van der Waals surface area contributed by atoms with E-state index in [-0.39, 0.29) is 0 Å². The number of hydrogen-bond donors (Lipinski definition) is 0. The van der Waals surface area contributed by atoms with Gasteiger partial charge in [-0.15, -0.1) is 11.3 Å². The van der Waals surface area contributed by atoms with Crippen LogP contribution in [0.5, 0.6) is 0 Å². The summed E-state index contributed by atoms with van der Waals surface area (Å²) >= 11 is 1.87. The Bertz CT molecular complexity index is 393. The average Bonchev–Trinajstić information content (AvgIpc) is 3.00. The van der Waals surface area contributed by atoms with Gasteiger partial charge in [0.2, 0.25) is 0 Å². The van der Waals surface area contributed by atoms with E-state index in [4.69, 9.17) is 4.74 Å². The zero-order chi connectivity index (χ0) is 13.2. The van der Waals surface area contributed by atoms with Gasteiger partial charge in [0.05, 0.1) is 12.7 Å². The fraction of sp³-hybridized carbons (Fsp3) is 0.733. The van der Waals surface area contributed by atoms with E-state index in [1.165, 1.54) is 24.4 Å². The third kappa shape index (κ3) is 3.19. The largest absolute Gasteiger partial charge is 0.376 e. The zero-order valence-electron chi connectivity index (χ0n) is 11.9. The van der Waals surface area contributed by atoms with Crippen LogP contribution in [0.25, 0.3) is 0 Å². The SMILES string of the molecule is CN(C)C[C@@H]1OC[C@H]2CCN(Cc3cccs3)C[C@H]21. The molecule has 0 aliphatic carbocycles. The number of ether oxygens (including phenoxy) is 1. The second-order valence-corrected chi connectivity index (χ2v) is 7.19. The van der Waals surface area contributed by atoms with E-state index in [1.807, 2.05) is 11.3 Å². The summed E-state index contributed by atoms with van der Waals surface area (Å²) in [6, 6.07) is 4.40. The molecule has 0 saturated carbocycles. The molecule has 0 bridgehead atoms. The van der Waals surface area contributed by atoms with Crippen LogP contribution in [0.15, 0.2) is 17.5 Å². The lowest BCUT2D eigenvalue weighted by Gasteiger charge is -2.36. The Hall–Kier alpha value is -0.420. The van der Waals surface area contributed by atoms with Crippen molar-refractivity contribution >= 4 is 11.3 Å². The summed E-state index contributed by atoms with van der Waals surface area (Å²) in [6.45, 7) is 5.61. The highest BCUT2D eigenvalue weighted by atomic mass is 32.1. The first-order valence-corrected chi connectivity index (χ1v) is 8.11. The Morgan fingerprint density at radius 2 is 2.37 bits per heavy atom. The van der Waals surface area contributed by atoms with Crippen LogP contribution in [-0.2, 0) is 11.3 Å². The molecule has 1 aromatic heterocycles. The third-order valence-electron chi connectivity index (χ3n) is 4.40. The van der Waals surface area contributed by atoms with Gasteiger partial charge in [-0.1, -0.05) is 6.07 Å². The minimum absolute atomic E-state index is 0.436. The van der Waals surface area contributed by atoms with Crippen molar-refractivity contribution in [1.82, 2.24) is 9.80 Å². The lowest BCUT2D eigenvalue weighted by Crippen LogP contribution is -2.44. The monoisotopic (exact) mass is 280 g/mol. The van der Waals surface area contributed by atoms with E-state index in [0.29, 0.717) is 6.10 Å². The third-order valence-corrected chi connectivity index (χ3v) is 5.26. The van der Waals surface area contributed by atoms with E-state index in [9.17, 15) is 0 Å². The molecule has 2 aliphatic heterocycles. The zero-order valence-corrected chi connectivity index (χ0v) is 12.7. The number of rotatable bonds is 4.